The third-order valence-corrected chi connectivity index (χ3v) is 3.37. The summed E-state index contributed by atoms with van der Waals surface area (Å²) in [5.41, 5.74) is 0.979. The summed E-state index contributed by atoms with van der Waals surface area (Å²) in [6, 6.07) is 9.08. The summed E-state index contributed by atoms with van der Waals surface area (Å²) < 4.78 is 10.5. The highest BCUT2D eigenvalue weighted by molar-refractivity contribution is 5.94. The molecule has 128 valence electrons. The smallest absolute Gasteiger partial charge is 0.229 e. The molecule has 0 saturated heterocycles. The van der Waals surface area contributed by atoms with Gasteiger partial charge in [0.25, 0.3) is 0 Å². The Bertz CT molecular complexity index is 706. The number of hydrogen-bond acceptors (Lipinski definition) is 5. The maximum absolute atomic E-state index is 12.0. The number of anilines is 3. The van der Waals surface area contributed by atoms with Gasteiger partial charge in [-0.2, -0.15) is 0 Å². The van der Waals surface area contributed by atoms with Crippen LogP contribution in [0.25, 0.3) is 0 Å². The number of nitrogens with zero attached hydrogens (tertiary/aromatic N) is 1. The molecule has 0 fully saturated rings. The zero-order valence-electron chi connectivity index (χ0n) is 14.6. The molecule has 0 aliphatic carbocycles. The molecule has 0 unspecified atom stereocenters. The van der Waals surface area contributed by atoms with E-state index in [9.17, 15) is 4.79 Å². The SMILES string of the molecule is COc1ccc(Nc2ccc(NC(=O)C(C)(C)C)cn2)c(OC)c1. The number of ether oxygens (including phenoxy) is 2. The summed E-state index contributed by atoms with van der Waals surface area (Å²) in [5.74, 6) is 1.96. The van der Waals surface area contributed by atoms with Gasteiger partial charge in [0, 0.05) is 11.5 Å². The number of carbonyl (C=O) groups excluding carboxylic acids is 1. The monoisotopic (exact) mass is 329 g/mol. The van der Waals surface area contributed by atoms with Gasteiger partial charge in [-0.3, -0.25) is 4.79 Å². The first-order valence-corrected chi connectivity index (χ1v) is 7.60. The van der Waals surface area contributed by atoms with E-state index in [0.717, 1.165) is 5.69 Å². The minimum atomic E-state index is -0.451. The van der Waals surface area contributed by atoms with Gasteiger partial charge in [0.2, 0.25) is 5.91 Å². The molecule has 2 rings (SSSR count). The van der Waals surface area contributed by atoms with Crippen molar-refractivity contribution in [3.63, 3.8) is 0 Å². The van der Waals surface area contributed by atoms with Gasteiger partial charge >= 0.3 is 0 Å². The van der Waals surface area contributed by atoms with Crippen LogP contribution in [0.5, 0.6) is 11.5 Å². The third-order valence-electron chi connectivity index (χ3n) is 3.37. The van der Waals surface area contributed by atoms with Crippen LogP contribution in [0.2, 0.25) is 0 Å². The highest BCUT2D eigenvalue weighted by Crippen LogP contribution is 2.31. The Morgan fingerprint density at radius 1 is 1.08 bits per heavy atom. The molecule has 24 heavy (non-hydrogen) atoms. The number of hydrogen-bond donors (Lipinski definition) is 2. The Labute approximate surface area is 142 Å². The number of pyridine rings is 1. The summed E-state index contributed by atoms with van der Waals surface area (Å²) in [7, 11) is 3.20. The predicted octanol–water partition coefficient (Wildman–Crippen LogP) is 3.83. The fourth-order valence-electron chi connectivity index (χ4n) is 1.90. The largest absolute Gasteiger partial charge is 0.497 e. The van der Waals surface area contributed by atoms with E-state index in [1.807, 2.05) is 32.9 Å². The van der Waals surface area contributed by atoms with Crippen molar-refractivity contribution in [2.75, 3.05) is 24.9 Å². The van der Waals surface area contributed by atoms with Crippen LogP contribution in [-0.2, 0) is 4.79 Å². The van der Waals surface area contributed by atoms with Crippen molar-refractivity contribution in [1.82, 2.24) is 4.98 Å². The standard InChI is InChI=1S/C18H23N3O3/c1-18(2,3)17(22)20-12-6-9-16(19-11-12)21-14-8-7-13(23-4)10-15(14)24-5/h6-11H,1-5H3,(H,19,21)(H,20,22). The lowest BCUT2D eigenvalue weighted by molar-refractivity contribution is -0.123. The van der Waals surface area contributed by atoms with Crippen molar-refractivity contribution in [3.05, 3.63) is 36.5 Å². The summed E-state index contributed by atoms with van der Waals surface area (Å²) in [6.07, 6.45) is 1.61. The van der Waals surface area contributed by atoms with Crippen molar-refractivity contribution in [1.29, 1.82) is 0 Å². The van der Waals surface area contributed by atoms with Crippen LogP contribution in [0.3, 0.4) is 0 Å². The Balaban J connectivity index is 2.11. The molecule has 2 aromatic rings. The normalized spacial score (nSPS) is 10.9. The quantitative estimate of drug-likeness (QED) is 0.872. The minimum Gasteiger partial charge on any atom is -0.497 e. The number of amides is 1. The second-order valence-corrected chi connectivity index (χ2v) is 6.33. The Morgan fingerprint density at radius 3 is 2.38 bits per heavy atom. The number of aromatic nitrogens is 1. The van der Waals surface area contributed by atoms with E-state index in [1.165, 1.54) is 0 Å². The molecule has 1 heterocycles. The highest BCUT2D eigenvalue weighted by Gasteiger charge is 2.21. The summed E-state index contributed by atoms with van der Waals surface area (Å²) >= 11 is 0. The number of methoxy groups -OCH3 is 2. The zero-order chi connectivity index (χ0) is 17.7. The van der Waals surface area contributed by atoms with Crippen LogP contribution in [0.4, 0.5) is 17.2 Å². The van der Waals surface area contributed by atoms with Crippen LogP contribution in [0.15, 0.2) is 36.5 Å². The van der Waals surface area contributed by atoms with E-state index in [1.54, 1.807) is 38.6 Å². The van der Waals surface area contributed by atoms with Gasteiger partial charge in [-0.1, -0.05) is 20.8 Å². The van der Waals surface area contributed by atoms with Gasteiger partial charge in [-0.25, -0.2) is 4.98 Å². The molecule has 6 heteroatoms. The molecule has 0 saturated carbocycles. The molecule has 1 aromatic heterocycles. The third kappa shape index (κ3) is 4.38. The molecular weight excluding hydrogens is 306 g/mol. The van der Waals surface area contributed by atoms with Crippen molar-refractivity contribution in [3.8, 4) is 11.5 Å². The molecule has 1 amide bonds. The van der Waals surface area contributed by atoms with Gasteiger partial charge < -0.3 is 20.1 Å². The second-order valence-electron chi connectivity index (χ2n) is 6.33. The van der Waals surface area contributed by atoms with E-state index >= 15 is 0 Å². The van der Waals surface area contributed by atoms with Crippen molar-refractivity contribution >= 4 is 23.1 Å². The van der Waals surface area contributed by atoms with E-state index in [-0.39, 0.29) is 5.91 Å². The lowest BCUT2D eigenvalue weighted by Crippen LogP contribution is -2.27. The van der Waals surface area contributed by atoms with Gasteiger partial charge in [0.05, 0.1) is 31.8 Å². The number of carbonyl (C=O) groups is 1. The average Bonchev–Trinajstić information content (AvgIpc) is 2.56. The van der Waals surface area contributed by atoms with E-state index in [2.05, 4.69) is 15.6 Å². The van der Waals surface area contributed by atoms with Gasteiger partial charge in [-0.05, 0) is 24.3 Å². The maximum atomic E-state index is 12.0. The van der Waals surface area contributed by atoms with Crippen LogP contribution in [-0.4, -0.2) is 25.1 Å². The van der Waals surface area contributed by atoms with Crippen molar-refractivity contribution in [2.45, 2.75) is 20.8 Å². The maximum Gasteiger partial charge on any atom is 0.229 e. The molecule has 0 bridgehead atoms. The van der Waals surface area contributed by atoms with Gasteiger partial charge in [0.15, 0.2) is 0 Å². The second kappa shape index (κ2) is 7.21. The number of benzene rings is 1. The topological polar surface area (TPSA) is 72.5 Å². The Kier molecular flexibility index (Phi) is 5.28. The van der Waals surface area contributed by atoms with E-state index in [4.69, 9.17) is 9.47 Å². The molecule has 1 aromatic carbocycles. The van der Waals surface area contributed by atoms with Crippen LogP contribution < -0.4 is 20.1 Å². The first-order chi connectivity index (χ1) is 11.3. The first kappa shape index (κ1) is 17.6. The fourth-order valence-corrected chi connectivity index (χ4v) is 1.90. The first-order valence-electron chi connectivity index (χ1n) is 7.60. The molecule has 0 spiro atoms. The van der Waals surface area contributed by atoms with Gasteiger partial charge in [0.1, 0.15) is 17.3 Å². The lowest BCUT2D eigenvalue weighted by atomic mass is 9.96. The fraction of sp³-hybridized carbons (Fsp3) is 0.333. The average molecular weight is 329 g/mol. The van der Waals surface area contributed by atoms with E-state index in [0.29, 0.717) is 23.0 Å². The molecule has 0 aliphatic heterocycles. The van der Waals surface area contributed by atoms with Crippen LogP contribution in [0, 0.1) is 5.41 Å². The minimum absolute atomic E-state index is 0.0539. The van der Waals surface area contributed by atoms with Crippen LogP contribution in [0.1, 0.15) is 20.8 Å². The van der Waals surface area contributed by atoms with Crippen molar-refractivity contribution < 1.29 is 14.3 Å². The molecule has 6 nitrogen and oxygen atoms in total. The summed E-state index contributed by atoms with van der Waals surface area (Å²) in [4.78, 5) is 16.3. The Morgan fingerprint density at radius 2 is 1.83 bits per heavy atom. The summed E-state index contributed by atoms with van der Waals surface area (Å²) in [6.45, 7) is 5.59. The molecule has 2 N–H and O–H groups in total. The Hall–Kier alpha value is -2.76. The molecule has 0 aliphatic rings. The lowest BCUT2D eigenvalue weighted by Gasteiger charge is -2.17. The number of nitrogens with one attached hydrogen (secondary N) is 2. The van der Waals surface area contributed by atoms with E-state index < -0.39 is 5.41 Å². The number of rotatable bonds is 5. The van der Waals surface area contributed by atoms with Crippen molar-refractivity contribution in [2.24, 2.45) is 5.41 Å². The highest BCUT2D eigenvalue weighted by atomic mass is 16.5. The zero-order valence-corrected chi connectivity index (χ0v) is 14.6. The molecular formula is C18H23N3O3. The summed E-state index contributed by atoms with van der Waals surface area (Å²) in [5, 5.41) is 6.02. The van der Waals surface area contributed by atoms with Crippen LogP contribution >= 0.6 is 0 Å². The molecule has 0 atom stereocenters. The molecule has 0 radical (unpaired) electrons. The van der Waals surface area contributed by atoms with Gasteiger partial charge in [-0.15, -0.1) is 0 Å². The predicted molar refractivity (Wildman–Crippen MR) is 95.2 cm³/mol.